The van der Waals surface area contributed by atoms with Crippen molar-refractivity contribution in [2.45, 2.75) is 31.6 Å². The predicted molar refractivity (Wildman–Crippen MR) is 55.8 cm³/mol. The molecular weight excluding hydrogens is 174 g/mol. The first-order valence-corrected chi connectivity index (χ1v) is 5.39. The summed E-state index contributed by atoms with van der Waals surface area (Å²) < 4.78 is 0. The Morgan fingerprint density at radius 2 is 1.93 bits per heavy atom. The van der Waals surface area contributed by atoms with Crippen LogP contribution in [0, 0.1) is 5.92 Å². The van der Waals surface area contributed by atoms with Crippen LogP contribution in [0.2, 0.25) is 0 Å². The first-order chi connectivity index (χ1) is 6.92. The first kappa shape index (κ1) is 9.59. The van der Waals surface area contributed by atoms with Crippen molar-refractivity contribution in [1.29, 1.82) is 0 Å². The molecular formula is C11H17N3. The molecule has 1 unspecified atom stereocenters. The minimum atomic E-state index is 0.374. The van der Waals surface area contributed by atoms with Crippen molar-refractivity contribution in [3.05, 3.63) is 24.3 Å². The first-order valence-electron chi connectivity index (χ1n) is 5.39. The van der Waals surface area contributed by atoms with Crippen LogP contribution in [0.25, 0.3) is 0 Å². The summed E-state index contributed by atoms with van der Waals surface area (Å²) in [5.74, 6) is 2.02. The van der Waals surface area contributed by atoms with E-state index in [1.165, 1.54) is 25.7 Å². The van der Waals surface area contributed by atoms with Crippen molar-refractivity contribution >= 4 is 0 Å². The zero-order chi connectivity index (χ0) is 9.80. The van der Waals surface area contributed by atoms with Gasteiger partial charge in [-0.15, -0.1) is 0 Å². The van der Waals surface area contributed by atoms with Gasteiger partial charge in [0.1, 0.15) is 5.82 Å². The van der Waals surface area contributed by atoms with E-state index in [0.29, 0.717) is 18.4 Å². The summed E-state index contributed by atoms with van der Waals surface area (Å²) in [7, 11) is 0. The van der Waals surface area contributed by atoms with Crippen molar-refractivity contribution in [1.82, 2.24) is 9.97 Å². The Balaban J connectivity index is 2.12. The van der Waals surface area contributed by atoms with Crippen molar-refractivity contribution in [3.63, 3.8) is 0 Å². The van der Waals surface area contributed by atoms with Crippen molar-refractivity contribution in [2.75, 3.05) is 6.54 Å². The molecule has 0 bridgehead atoms. The maximum absolute atomic E-state index is 5.80. The summed E-state index contributed by atoms with van der Waals surface area (Å²) >= 11 is 0. The topological polar surface area (TPSA) is 51.8 Å². The van der Waals surface area contributed by atoms with Crippen LogP contribution in [-0.2, 0) is 0 Å². The number of hydrogen-bond acceptors (Lipinski definition) is 3. The molecule has 0 aromatic carbocycles. The lowest BCUT2D eigenvalue weighted by Gasteiger charge is -2.19. The molecule has 2 rings (SSSR count). The second-order valence-corrected chi connectivity index (χ2v) is 3.99. The van der Waals surface area contributed by atoms with Gasteiger partial charge in [-0.25, -0.2) is 9.97 Å². The molecule has 1 aliphatic rings. The number of aromatic nitrogens is 2. The van der Waals surface area contributed by atoms with Crippen LogP contribution in [0.15, 0.2) is 18.5 Å². The van der Waals surface area contributed by atoms with E-state index in [-0.39, 0.29) is 0 Å². The van der Waals surface area contributed by atoms with E-state index in [4.69, 9.17) is 5.73 Å². The molecule has 1 heterocycles. The number of hydrogen-bond donors (Lipinski definition) is 1. The zero-order valence-electron chi connectivity index (χ0n) is 8.39. The van der Waals surface area contributed by atoms with Crippen molar-refractivity contribution in [2.24, 2.45) is 11.7 Å². The van der Waals surface area contributed by atoms with E-state index in [1.807, 2.05) is 6.07 Å². The summed E-state index contributed by atoms with van der Waals surface area (Å²) in [5, 5.41) is 0. The fourth-order valence-electron chi connectivity index (χ4n) is 2.37. The predicted octanol–water partition coefficient (Wildman–Crippen LogP) is 1.71. The third-order valence-electron chi connectivity index (χ3n) is 3.14. The van der Waals surface area contributed by atoms with Crippen LogP contribution in [0.5, 0.6) is 0 Å². The molecule has 1 saturated carbocycles. The average molecular weight is 191 g/mol. The third kappa shape index (κ3) is 1.93. The molecule has 0 spiro atoms. The Morgan fingerprint density at radius 3 is 2.50 bits per heavy atom. The molecule has 1 aliphatic carbocycles. The minimum Gasteiger partial charge on any atom is -0.330 e. The molecule has 3 heteroatoms. The smallest absolute Gasteiger partial charge is 0.132 e. The van der Waals surface area contributed by atoms with E-state index in [0.717, 1.165) is 5.82 Å². The number of nitrogens with two attached hydrogens (primary N) is 1. The standard InChI is InChI=1S/C11H17N3/c12-8-10(9-4-1-2-5-9)11-13-6-3-7-14-11/h3,6-7,9-10H,1-2,4-5,8,12H2. The van der Waals surface area contributed by atoms with Crippen molar-refractivity contribution in [3.8, 4) is 0 Å². The van der Waals surface area contributed by atoms with Gasteiger partial charge >= 0.3 is 0 Å². The molecule has 3 nitrogen and oxygen atoms in total. The highest BCUT2D eigenvalue weighted by Gasteiger charge is 2.26. The third-order valence-corrected chi connectivity index (χ3v) is 3.14. The maximum Gasteiger partial charge on any atom is 0.132 e. The zero-order valence-corrected chi connectivity index (χ0v) is 8.39. The number of nitrogens with zero attached hydrogens (tertiary/aromatic N) is 2. The highest BCUT2D eigenvalue weighted by atomic mass is 14.9. The Hall–Kier alpha value is -0.960. The van der Waals surface area contributed by atoms with Gasteiger partial charge < -0.3 is 5.73 Å². The Bertz CT molecular complexity index is 267. The van der Waals surface area contributed by atoms with Crippen LogP contribution >= 0.6 is 0 Å². The Labute approximate surface area is 84.8 Å². The van der Waals surface area contributed by atoms with E-state index in [1.54, 1.807) is 12.4 Å². The van der Waals surface area contributed by atoms with Gasteiger partial charge in [-0.3, -0.25) is 0 Å². The summed E-state index contributed by atoms with van der Waals surface area (Å²) in [6.45, 7) is 0.675. The summed E-state index contributed by atoms with van der Waals surface area (Å²) in [6, 6.07) is 1.85. The van der Waals surface area contributed by atoms with E-state index >= 15 is 0 Å². The van der Waals surface area contributed by atoms with Crippen LogP contribution in [0.3, 0.4) is 0 Å². The summed E-state index contributed by atoms with van der Waals surface area (Å²) in [6.07, 6.45) is 8.88. The van der Waals surface area contributed by atoms with Gasteiger partial charge in [0.15, 0.2) is 0 Å². The molecule has 2 N–H and O–H groups in total. The lowest BCUT2D eigenvalue weighted by Crippen LogP contribution is -2.21. The second-order valence-electron chi connectivity index (χ2n) is 3.99. The highest BCUT2D eigenvalue weighted by Crippen LogP contribution is 2.35. The minimum absolute atomic E-state index is 0.374. The lowest BCUT2D eigenvalue weighted by atomic mass is 9.90. The average Bonchev–Trinajstić information content (AvgIpc) is 2.74. The van der Waals surface area contributed by atoms with Crippen LogP contribution in [0.4, 0.5) is 0 Å². The van der Waals surface area contributed by atoms with Gasteiger partial charge in [0.2, 0.25) is 0 Å². The van der Waals surface area contributed by atoms with Gasteiger partial charge in [-0.2, -0.15) is 0 Å². The molecule has 14 heavy (non-hydrogen) atoms. The Kier molecular flexibility index (Phi) is 3.09. The van der Waals surface area contributed by atoms with Crippen LogP contribution < -0.4 is 5.73 Å². The molecule has 1 aromatic rings. The second kappa shape index (κ2) is 4.51. The van der Waals surface area contributed by atoms with Gasteiger partial charge in [0, 0.05) is 24.9 Å². The normalized spacial score (nSPS) is 19.8. The SMILES string of the molecule is NCC(c1ncccn1)C1CCCC1. The van der Waals surface area contributed by atoms with Gasteiger partial charge in [0.05, 0.1) is 0 Å². The summed E-state index contributed by atoms with van der Waals surface area (Å²) in [5.41, 5.74) is 5.80. The van der Waals surface area contributed by atoms with Crippen LogP contribution in [-0.4, -0.2) is 16.5 Å². The molecule has 1 aromatic heterocycles. The monoisotopic (exact) mass is 191 g/mol. The van der Waals surface area contributed by atoms with E-state index in [2.05, 4.69) is 9.97 Å². The number of rotatable bonds is 3. The molecule has 0 radical (unpaired) electrons. The van der Waals surface area contributed by atoms with E-state index < -0.39 is 0 Å². The highest BCUT2D eigenvalue weighted by molar-refractivity contribution is 5.01. The molecule has 0 saturated heterocycles. The van der Waals surface area contributed by atoms with E-state index in [9.17, 15) is 0 Å². The van der Waals surface area contributed by atoms with Gasteiger partial charge in [-0.05, 0) is 24.8 Å². The maximum atomic E-state index is 5.80. The van der Waals surface area contributed by atoms with Gasteiger partial charge in [-0.1, -0.05) is 12.8 Å². The molecule has 76 valence electrons. The summed E-state index contributed by atoms with van der Waals surface area (Å²) in [4.78, 5) is 8.61. The van der Waals surface area contributed by atoms with Gasteiger partial charge in [0.25, 0.3) is 0 Å². The quantitative estimate of drug-likeness (QED) is 0.791. The lowest BCUT2D eigenvalue weighted by molar-refractivity contribution is 0.423. The molecule has 0 aliphatic heterocycles. The Morgan fingerprint density at radius 1 is 1.29 bits per heavy atom. The molecule has 0 amide bonds. The fourth-order valence-corrected chi connectivity index (χ4v) is 2.37. The van der Waals surface area contributed by atoms with Crippen LogP contribution in [0.1, 0.15) is 37.4 Å². The molecule has 1 fully saturated rings. The largest absolute Gasteiger partial charge is 0.330 e. The van der Waals surface area contributed by atoms with Crippen molar-refractivity contribution < 1.29 is 0 Å². The fraction of sp³-hybridized carbons (Fsp3) is 0.636. The molecule has 1 atom stereocenters.